The van der Waals surface area contributed by atoms with Crippen LogP contribution in [0.5, 0.6) is 0 Å². The lowest BCUT2D eigenvalue weighted by Gasteiger charge is -2.22. The van der Waals surface area contributed by atoms with Crippen LogP contribution < -0.4 is 5.32 Å². The van der Waals surface area contributed by atoms with E-state index in [-0.39, 0.29) is 0 Å². The maximum atomic E-state index is 4.82. The van der Waals surface area contributed by atoms with Crippen molar-refractivity contribution in [3.05, 3.63) is 22.9 Å². The van der Waals surface area contributed by atoms with E-state index in [0.29, 0.717) is 0 Å². The zero-order chi connectivity index (χ0) is 16.3. The summed E-state index contributed by atoms with van der Waals surface area (Å²) in [7, 11) is 0. The van der Waals surface area contributed by atoms with Crippen LogP contribution in [-0.2, 0) is 12.8 Å². The smallest absolute Gasteiger partial charge is 0.129 e. The molecule has 1 unspecified atom stereocenters. The first-order chi connectivity index (χ1) is 10.2. The fourth-order valence-corrected chi connectivity index (χ4v) is 2.50. The minimum Gasteiger partial charge on any atom is -0.370 e. The Morgan fingerprint density at radius 3 is 2.52 bits per heavy atom. The summed E-state index contributed by atoms with van der Waals surface area (Å²) in [6, 6.07) is 2.34. The van der Waals surface area contributed by atoms with E-state index >= 15 is 0 Å². The molecule has 1 N–H and O–H groups in total. The third-order valence-corrected chi connectivity index (χ3v) is 3.65. The van der Waals surface area contributed by atoms with Crippen molar-refractivity contribution in [2.45, 2.75) is 80.6 Å². The number of anilines is 1. The Kier molecular flexibility index (Phi) is 11.0. The van der Waals surface area contributed by atoms with Gasteiger partial charge in [-0.3, -0.25) is 0 Å². The van der Waals surface area contributed by atoms with Crippen molar-refractivity contribution in [2.24, 2.45) is 5.92 Å². The predicted octanol–water partition coefficient (Wildman–Crippen LogP) is 5.78. The van der Waals surface area contributed by atoms with E-state index in [1.54, 1.807) is 0 Å². The largest absolute Gasteiger partial charge is 0.370 e. The molecule has 0 amide bonds. The molecule has 1 aliphatic rings. The molecule has 0 spiro atoms. The lowest BCUT2D eigenvalue weighted by molar-refractivity contribution is 0.492. The molecule has 2 nitrogen and oxygen atoms in total. The van der Waals surface area contributed by atoms with Gasteiger partial charge in [0.05, 0.1) is 0 Å². The van der Waals surface area contributed by atoms with Gasteiger partial charge in [0, 0.05) is 12.2 Å². The molecular formula is C19H36N2. The van der Waals surface area contributed by atoms with Crippen LogP contribution in [0.4, 0.5) is 5.82 Å². The van der Waals surface area contributed by atoms with Crippen LogP contribution in [0.15, 0.2) is 6.07 Å². The van der Waals surface area contributed by atoms with Gasteiger partial charge in [0.1, 0.15) is 5.82 Å². The molecule has 1 heterocycles. The molecule has 0 aliphatic heterocycles. The minimum atomic E-state index is 0.793. The second kappa shape index (κ2) is 11.6. The first kappa shape index (κ1) is 19.9. The second-order valence-corrected chi connectivity index (χ2v) is 5.39. The summed E-state index contributed by atoms with van der Waals surface area (Å²) in [5, 5.41) is 3.47. The van der Waals surface area contributed by atoms with Gasteiger partial charge in [0.25, 0.3) is 0 Å². The van der Waals surface area contributed by atoms with Crippen LogP contribution in [0.1, 0.15) is 77.6 Å². The minimum absolute atomic E-state index is 0.793. The molecule has 2 heteroatoms. The molecule has 2 rings (SSSR count). The van der Waals surface area contributed by atoms with Crippen LogP contribution in [0, 0.1) is 12.8 Å². The predicted molar refractivity (Wildman–Crippen MR) is 96.3 cm³/mol. The molecule has 122 valence electrons. The summed E-state index contributed by atoms with van der Waals surface area (Å²) in [5.74, 6) is 1.90. The number of unbranched alkanes of at least 4 members (excludes halogenated alkanes) is 1. The number of nitrogens with one attached hydrogen (secondary N) is 1. The summed E-state index contributed by atoms with van der Waals surface area (Å²) in [4.78, 5) is 4.82. The highest BCUT2D eigenvalue weighted by atomic mass is 15.0. The molecule has 21 heavy (non-hydrogen) atoms. The number of aromatic nitrogens is 1. The third-order valence-electron chi connectivity index (χ3n) is 3.65. The number of hydrogen-bond donors (Lipinski definition) is 1. The molecule has 1 aromatic heterocycles. The molecule has 0 saturated carbocycles. The Hall–Kier alpha value is -1.05. The van der Waals surface area contributed by atoms with Gasteiger partial charge in [-0.15, -0.1) is 0 Å². The van der Waals surface area contributed by atoms with Gasteiger partial charge < -0.3 is 5.32 Å². The molecule has 1 aliphatic carbocycles. The van der Waals surface area contributed by atoms with E-state index in [9.17, 15) is 0 Å². The van der Waals surface area contributed by atoms with E-state index < -0.39 is 0 Å². The number of hydrogen-bond acceptors (Lipinski definition) is 2. The average molecular weight is 293 g/mol. The highest BCUT2D eigenvalue weighted by Crippen LogP contribution is 2.27. The van der Waals surface area contributed by atoms with E-state index in [1.165, 1.54) is 42.5 Å². The Balaban J connectivity index is 0.000000921. The number of pyridine rings is 1. The number of rotatable bonds is 4. The van der Waals surface area contributed by atoms with Gasteiger partial charge in [-0.05, 0) is 49.7 Å². The van der Waals surface area contributed by atoms with Gasteiger partial charge in [-0.2, -0.15) is 0 Å². The summed E-state index contributed by atoms with van der Waals surface area (Å²) in [6.07, 6.45) is 6.12. The SMILES string of the molecule is CC.CC.CCCCNc1nc2c(cc1C)CCC(C)C2. The molecule has 0 fully saturated rings. The molecule has 0 saturated heterocycles. The molecule has 1 aromatic rings. The molecule has 1 atom stereocenters. The monoisotopic (exact) mass is 292 g/mol. The average Bonchev–Trinajstić information content (AvgIpc) is 2.52. The van der Waals surface area contributed by atoms with E-state index in [1.807, 2.05) is 27.7 Å². The van der Waals surface area contributed by atoms with Gasteiger partial charge >= 0.3 is 0 Å². The summed E-state index contributed by atoms with van der Waals surface area (Å²) in [6.45, 7) is 15.8. The molecular weight excluding hydrogens is 256 g/mol. The standard InChI is InChI=1S/C15H24N2.2C2H6/c1-4-5-8-16-15-12(3)10-13-7-6-11(2)9-14(13)17-15;2*1-2/h10-11H,4-9H2,1-3H3,(H,16,17);2*1-2H3. The normalized spacial score (nSPS) is 15.9. The topological polar surface area (TPSA) is 24.9 Å². The van der Waals surface area contributed by atoms with E-state index in [4.69, 9.17) is 4.98 Å². The van der Waals surface area contributed by atoms with Crippen molar-refractivity contribution < 1.29 is 0 Å². The van der Waals surface area contributed by atoms with Crippen molar-refractivity contribution in [3.8, 4) is 0 Å². The summed E-state index contributed by atoms with van der Waals surface area (Å²) in [5.41, 5.74) is 4.10. The van der Waals surface area contributed by atoms with Crippen LogP contribution in [-0.4, -0.2) is 11.5 Å². The maximum Gasteiger partial charge on any atom is 0.129 e. The van der Waals surface area contributed by atoms with Crippen molar-refractivity contribution in [2.75, 3.05) is 11.9 Å². The molecule has 0 aromatic carbocycles. The fraction of sp³-hybridized carbons (Fsp3) is 0.737. The van der Waals surface area contributed by atoms with Gasteiger partial charge in [-0.1, -0.05) is 54.0 Å². The lowest BCUT2D eigenvalue weighted by Crippen LogP contribution is -2.15. The lowest BCUT2D eigenvalue weighted by atomic mass is 9.87. The van der Waals surface area contributed by atoms with Crippen molar-refractivity contribution >= 4 is 5.82 Å². The zero-order valence-corrected chi connectivity index (χ0v) is 15.3. The quantitative estimate of drug-likeness (QED) is 0.712. The Morgan fingerprint density at radius 2 is 1.90 bits per heavy atom. The van der Waals surface area contributed by atoms with Crippen LogP contribution in [0.3, 0.4) is 0 Å². The first-order valence-electron chi connectivity index (χ1n) is 8.94. The molecule has 0 radical (unpaired) electrons. The Bertz CT molecular complexity index is 385. The maximum absolute atomic E-state index is 4.82. The highest BCUT2D eigenvalue weighted by molar-refractivity contribution is 5.47. The van der Waals surface area contributed by atoms with Crippen molar-refractivity contribution in [1.82, 2.24) is 4.98 Å². The Morgan fingerprint density at radius 1 is 1.24 bits per heavy atom. The Labute approximate surface area is 132 Å². The van der Waals surface area contributed by atoms with Crippen molar-refractivity contribution in [1.29, 1.82) is 0 Å². The summed E-state index contributed by atoms with van der Waals surface area (Å²) < 4.78 is 0. The van der Waals surface area contributed by atoms with Gasteiger partial charge in [0.15, 0.2) is 0 Å². The number of fused-ring (bicyclic) bond motifs is 1. The highest BCUT2D eigenvalue weighted by Gasteiger charge is 2.17. The molecule has 0 bridgehead atoms. The number of nitrogens with zero attached hydrogens (tertiary/aromatic N) is 1. The van der Waals surface area contributed by atoms with Gasteiger partial charge in [-0.25, -0.2) is 4.98 Å². The second-order valence-electron chi connectivity index (χ2n) is 5.39. The van der Waals surface area contributed by atoms with Crippen LogP contribution in [0.25, 0.3) is 0 Å². The van der Waals surface area contributed by atoms with Gasteiger partial charge in [0.2, 0.25) is 0 Å². The zero-order valence-electron chi connectivity index (χ0n) is 15.3. The third kappa shape index (κ3) is 6.50. The van der Waals surface area contributed by atoms with E-state index in [2.05, 4.69) is 32.2 Å². The van der Waals surface area contributed by atoms with Crippen LogP contribution in [0.2, 0.25) is 0 Å². The first-order valence-corrected chi connectivity index (χ1v) is 8.94. The van der Waals surface area contributed by atoms with E-state index in [0.717, 1.165) is 24.7 Å². The fourth-order valence-electron chi connectivity index (χ4n) is 2.50. The number of aryl methyl sites for hydroxylation is 2. The summed E-state index contributed by atoms with van der Waals surface area (Å²) >= 11 is 0. The van der Waals surface area contributed by atoms with Crippen molar-refractivity contribution in [3.63, 3.8) is 0 Å². The van der Waals surface area contributed by atoms with Crippen LogP contribution >= 0.6 is 0 Å².